The molecule has 0 unspecified atom stereocenters. The van der Waals surface area contributed by atoms with Crippen LogP contribution >= 0.6 is 0 Å². The van der Waals surface area contributed by atoms with E-state index in [9.17, 15) is 0 Å². The van der Waals surface area contributed by atoms with Crippen LogP contribution in [0.4, 0.5) is 0 Å². The molecule has 0 bridgehead atoms. The van der Waals surface area contributed by atoms with Crippen molar-refractivity contribution < 1.29 is 2.74 Å². The molecule has 1 heterocycles. The lowest BCUT2D eigenvalue weighted by atomic mass is 9.91. The van der Waals surface area contributed by atoms with Crippen molar-refractivity contribution in [1.29, 1.82) is 0 Å². The van der Waals surface area contributed by atoms with Gasteiger partial charge in [-0.1, -0.05) is 194 Å². The summed E-state index contributed by atoms with van der Waals surface area (Å²) in [6.45, 7) is 0. The van der Waals surface area contributed by atoms with E-state index >= 15 is 0 Å². The van der Waals surface area contributed by atoms with Crippen molar-refractivity contribution in [2.24, 2.45) is 0 Å². The lowest BCUT2D eigenvalue weighted by Crippen LogP contribution is -1.90. The van der Waals surface area contributed by atoms with E-state index in [1.165, 1.54) is 65.3 Å². The Balaban J connectivity index is 0.834. The second-order valence-electron chi connectivity index (χ2n) is 18.4. The Hall–Kier alpha value is -9.24. The van der Waals surface area contributed by atoms with Gasteiger partial charge in [0.2, 0.25) is 0 Å². The molecule has 0 radical (unpaired) electrons. The van der Waals surface area contributed by atoms with Gasteiger partial charge in [0, 0.05) is 23.1 Å². The minimum absolute atomic E-state index is 0.133. The van der Waals surface area contributed by atoms with Gasteiger partial charge in [-0.05, 0) is 169 Å². The summed E-state index contributed by atoms with van der Waals surface area (Å²) in [6, 6.07) is 87.8. The highest BCUT2D eigenvalue weighted by atomic mass is 14.8. The van der Waals surface area contributed by atoms with E-state index in [2.05, 4.69) is 253 Å². The number of benzene rings is 13. The van der Waals surface area contributed by atoms with E-state index in [-0.39, 0.29) is 12.3 Å². The molecule has 0 aliphatic heterocycles. The van der Waals surface area contributed by atoms with Crippen LogP contribution < -0.4 is 0 Å². The molecule has 0 aliphatic rings. The summed E-state index contributed by atoms with van der Waals surface area (Å²) in [5.74, 6) is 0. The minimum Gasteiger partial charge on any atom is -0.252 e. The number of fused-ring (bicyclic) bond motifs is 12. The number of nitrogens with zero attached hydrogens (tertiary/aromatic N) is 2. The average Bonchev–Trinajstić information content (AvgIpc) is 3.45. The van der Waals surface area contributed by atoms with Crippen LogP contribution in [0.25, 0.3) is 142 Å². The molecule has 0 saturated carbocycles. The van der Waals surface area contributed by atoms with E-state index < -0.39 is 0 Å². The topological polar surface area (TPSA) is 25.8 Å². The second-order valence-corrected chi connectivity index (χ2v) is 18.4. The van der Waals surface area contributed by atoms with E-state index in [1.807, 2.05) is 0 Å². The van der Waals surface area contributed by atoms with E-state index in [4.69, 9.17) is 2.74 Å². The zero-order valence-corrected chi connectivity index (χ0v) is 38.0. The van der Waals surface area contributed by atoms with Gasteiger partial charge < -0.3 is 0 Å². The molecule has 70 heavy (non-hydrogen) atoms. The molecule has 324 valence electrons. The molecule has 0 saturated heterocycles. The highest BCUT2D eigenvalue weighted by Crippen LogP contribution is 2.40. The van der Waals surface area contributed by atoms with E-state index in [0.717, 1.165) is 66.1 Å². The van der Waals surface area contributed by atoms with Crippen LogP contribution in [0.5, 0.6) is 0 Å². The largest absolute Gasteiger partial charge is 0.252 e. The standard InChI is InChI=1S/C68H42N2/c1-3-19-59-43(9-1)21-23-57-39-53(25-29-61(57)59)49-15-5-11-45(35-49)47-13-7-17-51(37-47)55-27-31-63-65(41-55)66-42-56(28-32-64(66)68-67(63)69-33-34-70-68)52-18-8-14-48(38-52)46-12-6-16-50(36-46)54-26-30-62-58(40-54)24-22-44-10-2-4-20-60(44)62/h1-42H/i33D,34D. The SMILES string of the molecule is [2H]c1nc2c3ccc(-c4cccc(-c5cccc(-c6ccc7c(ccc8ccccc87)c6)c5)c4)cc3c3cc(-c4cccc(-c5cccc(-c6ccc7c(ccc8ccccc87)c6)c5)c4)ccc3c2nc1[2H]. The van der Waals surface area contributed by atoms with Gasteiger partial charge in [0.1, 0.15) is 0 Å². The highest BCUT2D eigenvalue weighted by Gasteiger charge is 2.15. The van der Waals surface area contributed by atoms with E-state index in [1.54, 1.807) is 0 Å². The van der Waals surface area contributed by atoms with Crippen molar-refractivity contribution in [3.8, 4) is 66.8 Å². The predicted molar refractivity (Wildman–Crippen MR) is 297 cm³/mol. The first kappa shape index (κ1) is 37.8. The maximum Gasteiger partial charge on any atom is 0.0971 e. The fourth-order valence-corrected chi connectivity index (χ4v) is 10.8. The summed E-state index contributed by atoms with van der Waals surface area (Å²) in [5.41, 5.74) is 14.9. The summed E-state index contributed by atoms with van der Waals surface area (Å²) in [6.07, 6.45) is -0.267. The molecule has 0 aliphatic carbocycles. The normalized spacial score (nSPS) is 12.1. The van der Waals surface area contributed by atoms with Gasteiger partial charge >= 0.3 is 0 Å². The van der Waals surface area contributed by atoms with Crippen LogP contribution in [0, 0.1) is 0 Å². The van der Waals surface area contributed by atoms with E-state index in [0.29, 0.717) is 11.0 Å². The van der Waals surface area contributed by atoms with Gasteiger partial charge in [0.25, 0.3) is 0 Å². The Morgan fingerprint density at radius 2 is 0.486 bits per heavy atom. The zero-order valence-electron chi connectivity index (χ0n) is 40.0. The fraction of sp³-hybridized carbons (Fsp3) is 0. The molecule has 0 N–H and O–H groups in total. The molecule has 0 atom stereocenters. The van der Waals surface area contributed by atoms with Crippen LogP contribution in [-0.4, -0.2) is 9.97 Å². The summed E-state index contributed by atoms with van der Waals surface area (Å²) in [7, 11) is 0. The molecule has 2 nitrogen and oxygen atoms in total. The lowest BCUT2D eigenvalue weighted by molar-refractivity contribution is 1.31. The Morgan fingerprint density at radius 1 is 0.200 bits per heavy atom. The number of hydrogen-bond acceptors (Lipinski definition) is 2. The van der Waals surface area contributed by atoms with Gasteiger partial charge in [0.05, 0.1) is 13.8 Å². The van der Waals surface area contributed by atoms with Crippen molar-refractivity contribution in [3.63, 3.8) is 0 Å². The summed E-state index contributed by atoms with van der Waals surface area (Å²) >= 11 is 0. The van der Waals surface area contributed by atoms with Crippen LogP contribution in [0.15, 0.2) is 255 Å². The Bertz CT molecular complexity index is 4270. The maximum atomic E-state index is 8.50. The first-order chi connectivity index (χ1) is 35.5. The Kier molecular flexibility index (Phi) is 8.76. The molecule has 1 aromatic heterocycles. The lowest BCUT2D eigenvalue weighted by Gasteiger charge is -2.14. The quantitative estimate of drug-likeness (QED) is 0.155. The van der Waals surface area contributed by atoms with Crippen molar-refractivity contribution in [2.75, 3.05) is 0 Å². The number of rotatable bonds is 6. The van der Waals surface area contributed by atoms with Crippen LogP contribution in [0.3, 0.4) is 0 Å². The van der Waals surface area contributed by atoms with Gasteiger partial charge in [-0.25, -0.2) is 0 Å². The van der Waals surface area contributed by atoms with Crippen molar-refractivity contribution >= 4 is 75.7 Å². The second kappa shape index (κ2) is 16.2. The molecule has 13 aromatic carbocycles. The van der Waals surface area contributed by atoms with Crippen LogP contribution in [0.2, 0.25) is 0 Å². The Morgan fingerprint density at radius 3 is 0.857 bits per heavy atom. The maximum absolute atomic E-state index is 8.50. The molecule has 0 amide bonds. The number of aromatic nitrogens is 2. The third kappa shape index (κ3) is 6.80. The summed E-state index contributed by atoms with van der Waals surface area (Å²) in [4.78, 5) is 9.34. The Labute approximate surface area is 408 Å². The zero-order chi connectivity index (χ0) is 47.9. The molecule has 2 heteroatoms. The van der Waals surface area contributed by atoms with Gasteiger partial charge in [-0.2, -0.15) is 0 Å². The molecule has 0 spiro atoms. The molecule has 14 rings (SSSR count). The smallest absolute Gasteiger partial charge is 0.0971 e. The van der Waals surface area contributed by atoms with Crippen molar-refractivity contribution in [3.05, 3.63) is 255 Å². The first-order valence-electron chi connectivity index (χ1n) is 24.9. The third-order valence-corrected chi connectivity index (χ3v) is 14.4. The summed E-state index contributed by atoms with van der Waals surface area (Å²) < 4.78 is 17.0. The minimum atomic E-state index is -0.133. The third-order valence-electron chi connectivity index (χ3n) is 14.4. The fourth-order valence-electron chi connectivity index (χ4n) is 10.8. The molecular weight excluding hydrogens is 845 g/mol. The van der Waals surface area contributed by atoms with Crippen molar-refractivity contribution in [1.82, 2.24) is 9.97 Å². The predicted octanol–water partition coefficient (Wildman–Crippen LogP) is 18.6. The first-order valence-corrected chi connectivity index (χ1v) is 23.9. The molecular formula is C68H42N2. The van der Waals surface area contributed by atoms with Gasteiger partial charge in [-0.3, -0.25) is 9.97 Å². The molecule has 0 fully saturated rings. The average molecular weight is 889 g/mol. The van der Waals surface area contributed by atoms with Gasteiger partial charge in [-0.15, -0.1) is 0 Å². The highest BCUT2D eigenvalue weighted by molar-refractivity contribution is 6.24. The monoisotopic (exact) mass is 888 g/mol. The van der Waals surface area contributed by atoms with Crippen LogP contribution in [-0.2, 0) is 0 Å². The molecule has 14 aromatic rings. The number of hydrogen-bond donors (Lipinski definition) is 0. The van der Waals surface area contributed by atoms with Gasteiger partial charge in [0.15, 0.2) is 0 Å². The van der Waals surface area contributed by atoms with Crippen LogP contribution in [0.1, 0.15) is 2.74 Å². The van der Waals surface area contributed by atoms with Crippen molar-refractivity contribution in [2.45, 2.75) is 0 Å². The summed E-state index contributed by atoms with van der Waals surface area (Å²) in [5, 5.41) is 13.9.